The summed E-state index contributed by atoms with van der Waals surface area (Å²) in [6.45, 7) is 10.4. The maximum absolute atomic E-state index is 5.71. The second kappa shape index (κ2) is 8.15. The number of nitrogens with one attached hydrogen (secondary N) is 2. The van der Waals surface area contributed by atoms with Gasteiger partial charge in [-0.3, -0.25) is 0 Å². The Morgan fingerprint density at radius 2 is 1.75 bits per heavy atom. The molecule has 0 amide bonds. The Labute approximate surface area is 150 Å². The Kier molecular flexibility index (Phi) is 6.21. The molecule has 0 aromatic heterocycles. The van der Waals surface area contributed by atoms with Gasteiger partial charge in [-0.05, 0) is 75.7 Å². The van der Waals surface area contributed by atoms with Gasteiger partial charge in [0, 0.05) is 11.8 Å². The maximum atomic E-state index is 5.71. The Morgan fingerprint density at radius 1 is 1.00 bits per heavy atom. The number of hydrogen-bond acceptors (Lipinski definition) is 2. The van der Waals surface area contributed by atoms with E-state index >= 15 is 0 Å². The van der Waals surface area contributed by atoms with Gasteiger partial charge in [0.25, 0.3) is 0 Å². The fraction of sp³-hybridized carbons (Fsp3) is 0.350. The standard InChI is InChI=1S/C20H26N2OS/c1-13(2)23-19-8-6-7-18(12-19)22-20(24)21-16(5)17-10-9-14(3)15(4)11-17/h6-13,16H,1-5H3,(H2,21,22,24)/t16-/m1/s1. The summed E-state index contributed by atoms with van der Waals surface area (Å²) in [6.07, 6.45) is 0.148. The highest BCUT2D eigenvalue weighted by Crippen LogP contribution is 2.20. The van der Waals surface area contributed by atoms with Crippen molar-refractivity contribution in [3.63, 3.8) is 0 Å². The van der Waals surface area contributed by atoms with Crippen LogP contribution in [-0.2, 0) is 0 Å². The summed E-state index contributed by atoms with van der Waals surface area (Å²) in [5.74, 6) is 0.833. The average molecular weight is 343 g/mol. The summed E-state index contributed by atoms with van der Waals surface area (Å²) in [5, 5.41) is 7.15. The zero-order valence-electron chi connectivity index (χ0n) is 15.0. The molecule has 0 bridgehead atoms. The molecule has 0 aliphatic rings. The molecule has 2 aromatic carbocycles. The minimum Gasteiger partial charge on any atom is -0.491 e. The van der Waals surface area contributed by atoms with E-state index in [-0.39, 0.29) is 12.1 Å². The Balaban J connectivity index is 1.98. The summed E-state index contributed by atoms with van der Waals surface area (Å²) >= 11 is 5.44. The largest absolute Gasteiger partial charge is 0.491 e. The minimum atomic E-state index is 0.138. The van der Waals surface area contributed by atoms with Crippen LogP contribution in [0.2, 0.25) is 0 Å². The van der Waals surface area contributed by atoms with Crippen LogP contribution < -0.4 is 15.4 Å². The average Bonchev–Trinajstić information content (AvgIpc) is 2.49. The molecule has 128 valence electrons. The second-order valence-corrected chi connectivity index (χ2v) is 6.77. The van der Waals surface area contributed by atoms with Crippen LogP contribution in [-0.4, -0.2) is 11.2 Å². The van der Waals surface area contributed by atoms with Crippen LogP contribution in [0.5, 0.6) is 5.75 Å². The van der Waals surface area contributed by atoms with Crippen LogP contribution in [0.4, 0.5) is 5.69 Å². The van der Waals surface area contributed by atoms with E-state index in [0.717, 1.165) is 11.4 Å². The number of benzene rings is 2. The summed E-state index contributed by atoms with van der Waals surface area (Å²) in [4.78, 5) is 0. The summed E-state index contributed by atoms with van der Waals surface area (Å²) in [7, 11) is 0. The van der Waals surface area contributed by atoms with Crippen LogP contribution in [0.3, 0.4) is 0 Å². The molecule has 0 radical (unpaired) electrons. The quantitative estimate of drug-likeness (QED) is 0.737. The van der Waals surface area contributed by atoms with E-state index in [4.69, 9.17) is 17.0 Å². The minimum absolute atomic E-state index is 0.138. The lowest BCUT2D eigenvalue weighted by molar-refractivity contribution is 0.242. The van der Waals surface area contributed by atoms with Crippen molar-refractivity contribution in [2.45, 2.75) is 46.8 Å². The molecule has 4 heteroatoms. The Morgan fingerprint density at radius 3 is 2.42 bits per heavy atom. The molecule has 0 aliphatic heterocycles. The van der Waals surface area contributed by atoms with Crippen LogP contribution in [0, 0.1) is 13.8 Å². The molecule has 0 fully saturated rings. The highest BCUT2D eigenvalue weighted by molar-refractivity contribution is 7.80. The van der Waals surface area contributed by atoms with Crippen LogP contribution in [0.1, 0.15) is 43.5 Å². The smallest absolute Gasteiger partial charge is 0.171 e. The van der Waals surface area contributed by atoms with Crippen molar-refractivity contribution >= 4 is 23.0 Å². The monoisotopic (exact) mass is 342 g/mol. The molecule has 2 N–H and O–H groups in total. The third kappa shape index (κ3) is 5.24. The highest BCUT2D eigenvalue weighted by atomic mass is 32.1. The van der Waals surface area contributed by atoms with Gasteiger partial charge in [0.05, 0.1) is 12.1 Å². The first-order valence-corrected chi connectivity index (χ1v) is 8.67. The summed E-state index contributed by atoms with van der Waals surface area (Å²) in [6, 6.07) is 14.4. The van der Waals surface area contributed by atoms with Gasteiger partial charge in [-0.1, -0.05) is 24.3 Å². The lowest BCUT2D eigenvalue weighted by atomic mass is 10.0. The molecular weight excluding hydrogens is 316 g/mol. The van der Waals surface area contributed by atoms with Crippen molar-refractivity contribution in [2.75, 3.05) is 5.32 Å². The van der Waals surface area contributed by atoms with E-state index in [9.17, 15) is 0 Å². The van der Waals surface area contributed by atoms with Crippen LogP contribution in [0.15, 0.2) is 42.5 Å². The zero-order chi connectivity index (χ0) is 17.7. The molecule has 0 saturated heterocycles. The first-order valence-electron chi connectivity index (χ1n) is 8.26. The van der Waals surface area contributed by atoms with Gasteiger partial charge in [-0.15, -0.1) is 0 Å². The number of anilines is 1. The summed E-state index contributed by atoms with van der Waals surface area (Å²) in [5.41, 5.74) is 4.73. The van der Waals surface area contributed by atoms with Crippen molar-refractivity contribution in [2.24, 2.45) is 0 Å². The lowest BCUT2D eigenvalue weighted by Crippen LogP contribution is -2.30. The first-order chi connectivity index (χ1) is 11.3. The van der Waals surface area contributed by atoms with Gasteiger partial charge >= 0.3 is 0 Å². The number of hydrogen-bond donors (Lipinski definition) is 2. The molecule has 1 atom stereocenters. The number of rotatable bonds is 5. The van der Waals surface area contributed by atoms with Gasteiger partial charge < -0.3 is 15.4 Å². The lowest BCUT2D eigenvalue weighted by Gasteiger charge is -2.19. The molecule has 0 spiro atoms. The zero-order valence-corrected chi connectivity index (χ0v) is 15.8. The van der Waals surface area contributed by atoms with Crippen molar-refractivity contribution in [1.29, 1.82) is 0 Å². The first kappa shape index (κ1) is 18.3. The fourth-order valence-electron chi connectivity index (χ4n) is 2.40. The van der Waals surface area contributed by atoms with E-state index in [1.165, 1.54) is 16.7 Å². The molecule has 3 nitrogen and oxygen atoms in total. The van der Waals surface area contributed by atoms with E-state index in [2.05, 4.69) is 49.6 Å². The van der Waals surface area contributed by atoms with Crippen molar-refractivity contribution < 1.29 is 4.74 Å². The Bertz CT molecular complexity index is 713. The van der Waals surface area contributed by atoms with Gasteiger partial charge in [-0.25, -0.2) is 0 Å². The Hall–Kier alpha value is -2.07. The normalized spacial score (nSPS) is 11.9. The van der Waals surface area contributed by atoms with E-state index < -0.39 is 0 Å². The van der Waals surface area contributed by atoms with E-state index in [1.54, 1.807) is 0 Å². The number of ether oxygens (including phenoxy) is 1. The van der Waals surface area contributed by atoms with Crippen LogP contribution in [0.25, 0.3) is 0 Å². The second-order valence-electron chi connectivity index (χ2n) is 6.36. The highest BCUT2D eigenvalue weighted by Gasteiger charge is 2.08. The molecule has 0 heterocycles. The molecule has 0 unspecified atom stereocenters. The summed E-state index contributed by atoms with van der Waals surface area (Å²) < 4.78 is 5.71. The van der Waals surface area contributed by atoms with Gasteiger partial charge in [0.1, 0.15) is 5.75 Å². The molecule has 2 rings (SSSR count). The molecule has 0 saturated carbocycles. The van der Waals surface area contributed by atoms with Crippen molar-refractivity contribution in [1.82, 2.24) is 5.32 Å². The molecule has 0 aliphatic carbocycles. The molecular formula is C20H26N2OS. The predicted molar refractivity (Wildman–Crippen MR) is 106 cm³/mol. The SMILES string of the molecule is Cc1ccc([C@@H](C)NC(=S)Nc2cccc(OC(C)C)c2)cc1C. The fourth-order valence-corrected chi connectivity index (χ4v) is 2.70. The van der Waals surface area contributed by atoms with Crippen molar-refractivity contribution in [3.8, 4) is 5.75 Å². The van der Waals surface area contributed by atoms with Gasteiger partial charge in [0.15, 0.2) is 5.11 Å². The molecule has 2 aromatic rings. The predicted octanol–water partition coefficient (Wildman–Crippen LogP) is 5.14. The van der Waals surface area contributed by atoms with Crippen LogP contribution >= 0.6 is 12.2 Å². The number of aryl methyl sites for hydroxylation is 2. The van der Waals surface area contributed by atoms with E-state index in [0.29, 0.717) is 5.11 Å². The molecule has 24 heavy (non-hydrogen) atoms. The van der Waals surface area contributed by atoms with Gasteiger partial charge in [0.2, 0.25) is 0 Å². The third-order valence-corrected chi connectivity index (χ3v) is 4.06. The maximum Gasteiger partial charge on any atom is 0.171 e. The number of thiocarbonyl (C=S) groups is 1. The van der Waals surface area contributed by atoms with Crippen molar-refractivity contribution in [3.05, 3.63) is 59.2 Å². The van der Waals surface area contributed by atoms with E-state index in [1.807, 2.05) is 38.1 Å². The topological polar surface area (TPSA) is 33.3 Å². The van der Waals surface area contributed by atoms with Gasteiger partial charge in [-0.2, -0.15) is 0 Å². The third-order valence-electron chi connectivity index (χ3n) is 3.84.